The van der Waals surface area contributed by atoms with E-state index in [2.05, 4.69) is 4.74 Å². The molecule has 0 bridgehead atoms. The van der Waals surface area contributed by atoms with E-state index in [0.29, 0.717) is 25.9 Å². The molecule has 0 heterocycles. The Balaban J connectivity index is 2.90. The van der Waals surface area contributed by atoms with Crippen LogP contribution in [0.25, 0.3) is 0 Å². The van der Waals surface area contributed by atoms with Gasteiger partial charge in [-0.1, -0.05) is 0 Å². The standard InChI is InChI=1S/C7H11O4/c8-6-11-5-3-1-2-4-7(9)10/h6H,1-5H2. The Bertz CT molecular complexity index is 122. The van der Waals surface area contributed by atoms with Crippen LogP contribution in [0.2, 0.25) is 0 Å². The fourth-order valence-corrected chi connectivity index (χ4v) is 0.680. The molecule has 0 aromatic rings. The molecule has 4 heteroatoms. The number of hydrogen-bond donors (Lipinski definition) is 0. The minimum atomic E-state index is -1.03. The normalized spacial score (nSPS) is 9.09. The molecular weight excluding hydrogens is 148 g/mol. The van der Waals surface area contributed by atoms with E-state index in [4.69, 9.17) is 0 Å². The number of carbonyl (C=O) groups is 2. The van der Waals surface area contributed by atoms with Crippen molar-refractivity contribution < 1.29 is 19.4 Å². The Kier molecular flexibility index (Phi) is 6.37. The average Bonchev–Trinajstić information content (AvgIpc) is 1.96. The van der Waals surface area contributed by atoms with Gasteiger partial charge >= 0.3 is 5.97 Å². The van der Waals surface area contributed by atoms with E-state index in [1.54, 1.807) is 0 Å². The summed E-state index contributed by atoms with van der Waals surface area (Å²) in [4.78, 5) is 19.5. The largest absolute Gasteiger partial charge is 0.468 e. The molecular formula is C7H11O4. The summed E-state index contributed by atoms with van der Waals surface area (Å²) < 4.78 is 4.40. The van der Waals surface area contributed by atoms with E-state index in [-0.39, 0.29) is 6.42 Å². The first-order valence-electron chi connectivity index (χ1n) is 3.52. The van der Waals surface area contributed by atoms with Crippen LogP contribution in [0.5, 0.6) is 0 Å². The number of rotatable bonds is 7. The highest BCUT2D eigenvalue weighted by Gasteiger charge is 1.97. The topological polar surface area (TPSA) is 63.3 Å². The highest BCUT2D eigenvalue weighted by molar-refractivity contribution is 5.66. The lowest BCUT2D eigenvalue weighted by Crippen LogP contribution is -1.94. The lowest BCUT2D eigenvalue weighted by Gasteiger charge is -1.96. The van der Waals surface area contributed by atoms with Gasteiger partial charge in [-0.05, 0) is 19.3 Å². The van der Waals surface area contributed by atoms with Crippen LogP contribution in [-0.2, 0) is 19.4 Å². The SMILES string of the molecule is [O]C(=O)CCCCCOC=O. The number of carbonyl (C=O) groups excluding carboxylic acids is 2. The van der Waals surface area contributed by atoms with E-state index < -0.39 is 5.97 Å². The van der Waals surface area contributed by atoms with E-state index in [0.717, 1.165) is 6.42 Å². The third kappa shape index (κ3) is 8.94. The third-order valence-electron chi connectivity index (χ3n) is 1.21. The Morgan fingerprint density at radius 3 is 2.55 bits per heavy atom. The van der Waals surface area contributed by atoms with Crippen LogP contribution >= 0.6 is 0 Å². The molecule has 0 atom stereocenters. The van der Waals surface area contributed by atoms with Crippen molar-refractivity contribution in [2.24, 2.45) is 0 Å². The van der Waals surface area contributed by atoms with Crippen LogP contribution < -0.4 is 0 Å². The van der Waals surface area contributed by atoms with Gasteiger partial charge in [0.25, 0.3) is 6.47 Å². The predicted molar refractivity (Wildman–Crippen MR) is 36.2 cm³/mol. The molecule has 0 aliphatic heterocycles. The molecule has 1 radical (unpaired) electrons. The molecule has 0 spiro atoms. The summed E-state index contributed by atoms with van der Waals surface area (Å²) in [5.41, 5.74) is 0. The van der Waals surface area contributed by atoms with Crippen LogP contribution in [0.1, 0.15) is 25.7 Å². The number of ether oxygens (including phenoxy) is 1. The highest BCUT2D eigenvalue weighted by Crippen LogP contribution is 1.99. The number of unbranched alkanes of at least 4 members (excludes halogenated alkanes) is 2. The van der Waals surface area contributed by atoms with Gasteiger partial charge in [0.05, 0.1) is 13.0 Å². The van der Waals surface area contributed by atoms with Crippen molar-refractivity contribution in [1.82, 2.24) is 0 Å². The Labute approximate surface area is 65.2 Å². The first-order valence-corrected chi connectivity index (χ1v) is 3.52. The van der Waals surface area contributed by atoms with Crippen molar-refractivity contribution in [3.05, 3.63) is 0 Å². The van der Waals surface area contributed by atoms with Gasteiger partial charge in [0.1, 0.15) is 0 Å². The summed E-state index contributed by atoms with van der Waals surface area (Å²) in [6, 6.07) is 0. The van der Waals surface area contributed by atoms with Crippen molar-refractivity contribution in [1.29, 1.82) is 0 Å². The lowest BCUT2D eigenvalue weighted by molar-refractivity contribution is -0.143. The fourth-order valence-electron chi connectivity index (χ4n) is 0.680. The molecule has 0 aliphatic rings. The van der Waals surface area contributed by atoms with Crippen LogP contribution in [-0.4, -0.2) is 19.0 Å². The first kappa shape index (κ1) is 9.94. The van der Waals surface area contributed by atoms with E-state index in [1.807, 2.05) is 0 Å². The molecule has 0 aromatic carbocycles. The molecule has 4 nitrogen and oxygen atoms in total. The van der Waals surface area contributed by atoms with Crippen molar-refractivity contribution >= 4 is 12.4 Å². The Hall–Kier alpha value is -1.06. The summed E-state index contributed by atoms with van der Waals surface area (Å²) >= 11 is 0. The Morgan fingerprint density at radius 2 is 2.00 bits per heavy atom. The molecule has 0 unspecified atom stereocenters. The summed E-state index contributed by atoms with van der Waals surface area (Å²) in [6.45, 7) is 0.759. The van der Waals surface area contributed by atoms with Gasteiger partial charge in [-0.2, -0.15) is 0 Å². The van der Waals surface area contributed by atoms with Gasteiger partial charge in [-0.25, -0.2) is 9.90 Å². The molecule has 11 heavy (non-hydrogen) atoms. The maximum absolute atomic E-state index is 9.89. The zero-order valence-electron chi connectivity index (χ0n) is 6.25. The summed E-state index contributed by atoms with van der Waals surface area (Å²) in [5.74, 6) is -1.03. The van der Waals surface area contributed by atoms with Crippen molar-refractivity contribution in [3.63, 3.8) is 0 Å². The van der Waals surface area contributed by atoms with Gasteiger partial charge in [0, 0.05) is 0 Å². The van der Waals surface area contributed by atoms with Crippen LogP contribution in [0.4, 0.5) is 0 Å². The van der Waals surface area contributed by atoms with Gasteiger partial charge in [0.2, 0.25) is 0 Å². The summed E-state index contributed by atoms with van der Waals surface area (Å²) in [5, 5.41) is 9.89. The average molecular weight is 159 g/mol. The van der Waals surface area contributed by atoms with Crippen molar-refractivity contribution in [2.45, 2.75) is 25.7 Å². The van der Waals surface area contributed by atoms with Gasteiger partial charge in [0.15, 0.2) is 0 Å². The van der Waals surface area contributed by atoms with Gasteiger partial charge < -0.3 is 4.74 Å². The molecule has 0 rings (SSSR count). The van der Waals surface area contributed by atoms with Crippen molar-refractivity contribution in [2.75, 3.05) is 6.61 Å². The third-order valence-corrected chi connectivity index (χ3v) is 1.21. The minimum absolute atomic E-state index is 0.0844. The monoisotopic (exact) mass is 159 g/mol. The Morgan fingerprint density at radius 1 is 1.27 bits per heavy atom. The first-order chi connectivity index (χ1) is 5.27. The second-order valence-corrected chi connectivity index (χ2v) is 2.15. The molecule has 0 saturated carbocycles. The van der Waals surface area contributed by atoms with E-state index >= 15 is 0 Å². The van der Waals surface area contributed by atoms with E-state index in [1.165, 1.54) is 0 Å². The maximum Gasteiger partial charge on any atom is 0.355 e. The number of hydrogen-bond acceptors (Lipinski definition) is 3. The molecule has 0 aliphatic carbocycles. The van der Waals surface area contributed by atoms with Crippen LogP contribution in [0.15, 0.2) is 0 Å². The van der Waals surface area contributed by atoms with Gasteiger partial charge in [-0.15, -0.1) is 0 Å². The minimum Gasteiger partial charge on any atom is -0.468 e. The molecule has 0 saturated heterocycles. The van der Waals surface area contributed by atoms with Crippen LogP contribution in [0.3, 0.4) is 0 Å². The zero-order chi connectivity index (χ0) is 8.53. The molecule has 63 valence electrons. The molecule has 0 aromatic heterocycles. The zero-order valence-corrected chi connectivity index (χ0v) is 6.25. The second-order valence-electron chi connectivity index (χ2n) is 2.15. The fraction of sp³-hybridized carbons (Fsp3) is 0.714. The van der Waals surface area contributed by atoms with Gasteiger partial charge in [-0.3, -0.25) is 4.79 Å². The van der Waals surface area contributed by atoms with Crippen molar-refractivity contribution in [3.8, 4) is 0 Å². The smallest absolute Gasteiger partial charge is 0.355 e. The van der Waals surface area contributed by atoms with Crippen LogP contribution in [0, 0.1) is 0 Å². The molecule has 0 fully saturated rings. The molecule has 0 amide bonds. The highest BCUT2D eigenvalue weighted by atomic mass is 16.5. The lowest BCUT2D eigenvalue weighted by atomic mass is 10.2. The summed E-state index contributed by atoms with van der Waals surface area (Å²) in [6.07, 6.45) is 2.14. The maximum atomic E-state index is 9.89. The summed E-state index contributed by atoms with van der Waals surface area (Å²) in [7, 11) is 0. The second kappa shape index (κ2) is 7.05. The predicted octanol–water partition coefficient (Wildman–Crippen LogP) is 0.677. The van der Waals surface area contributed by atoms with E-state index in [9.17, 15) is 14.7 Å². The molecule has 0 N–H and O–H groups in total. The quantitative estimate of drug-likeness (QED) is 0.405.